The van der Waals surface area contributed by atoms with Crippen molar-refractivity contribution < 1.29 is 4.74 Å². The van der Waals surface area contributed by atoms with Crippen LogP contribution in [0.4, 0.5) is 0 Å². The van der Waals surface area contributed by atoms with Crippen molar-refractivity contribution in [1.82, 2.24) is 10.4 Å². The van der Waals surface area contributed by atoms with Crippen LogP contribution < -0.4 is 11.3 Å². The number of pyridine rings is 1. The van der Waals surface area contributed by atoms with Gasteiger partial charge in [-0.05, 0) is 24.5 Å². The molecule has 0 radical (unpaired) electrons. The molecular formula is C12H19N3O. The maximum atomic E-state index is 5.74. The van der Waals surface area contributed by atoms with Gasteiger partial charge in [0.1, 0.15) is 0 Å². The highest BCUT2D eigenvalue weighted by Gasteiger charge is 2.42. The minimum atomic E-state index is -0.169. The fourth-order valence-electron chi connectivity index (χ4n) is 2.68. The first-order valence-electron chi connectivity index (χ1n) is 5.73. The van der Waals surface area contributed by atoms with E-state index in [1.165, 1.54) is 12.8 Å². The lowest BCUT2D eigenvalue weighted by atomic mass is 9.88. The second-order valence-corrected chi connectivity index (χ2v) is 4.36. The molecule has 4 heteroatoms. The molecule has 3 N–H and O–H groups in total. The van der Waals surface area contributed by atoms with Crippen molar-refractivity contribution in [3.8, 4) is 0 Å². The van der Waals surface area contributed by atoms with E-state index in [4.69, 9.17) is 10.6 Å². The summed E-state index contributed by atoms with van der Waals surface area (Å²) in [5, 5.41) is 0. The Morgan fingerprint density at radius 1 is 1.50 bits per heavy atom. The molecule has 0 spiro atoms. The summed E-state index contributed by atoms with van der Waals surface area (Å²) in [6.07, 6.45) is 8.12. The highest BCUT2D eigenvalue weighted by molar-refractivity contribution is 5.19. The Hall–Kier alpha value is -0.970. The van der Waals surface area contributed by atoms with Crippen molar-refractivity contribution in [3.63, 3.8) is 0 Å². The Labute approximate surface area is 96.2 Å². The predicted octanol–water partition coefficient (Wildman–Crippen LogP) is 1.55. The van der Waals surface area contributed by atoms with Crippen LogP contribution in [-0.4, -0.2) is 17.7 Å². The Morgan fingerprint density at radius 2 is 2.25 bits per heavy atom. The van der Waals surface area contributed by atoms with Crippen LogP contribution in [0.1, 0.15) is 37.3 Å². The summed E-state index contributed by atoms with van der Waals surface area (Å²) < 4.78 is 5.74. The third kappa shape index (κ3) is 1.96. The normalized spacial score (nSPS) is 20.9. The summed E-state index contributed by atoms with van der Waals surface area (Å²) in [4.78, 5) is 4.14. The zero-order valence-corrected chi connectivity index (χ0v) is 9.65. The minimum absolute atomic E-state index is 0.0219. The highest BCUT2D eigenvalue weighted by atomic mass is 16.5. The molecule has 1 aliphatic carbocycles. The van der Waals surface area contributed by atoms with Crippen molar-refractivity contribution in [2.45, 2.75) is 37.3 Å². The van der Waals surface area contributed by atoms with E-state index >= 15 is 0 Å². The SMILES string of the molecule is COC1(C(NN)c2cccnc2)CCCC1. The molecule has 0 aromatic carbocycles. The Kier molecular flexibility index (Phi) is 3.53. The van der Waals surface area contributed by atoms with Gasteiger partial charge in [-0.25, -0.2) is 0 Å². The number of hydrogen-bond donors (Lipinski definition) is 2. The third-order valence-corrected chi connectivity index (χ3v) is 3.57. The van der Waals surface area contributed by atoms with Gasteiger partial charge >= 0.3 is 0 Å². The van der Waals surface area contributed by atoms with Crippen LogP contribution in [0, 0.1) is 0 Å². The molecular weight excluding hydrogens is 202 g/mol. The summed E-state index contributed by atoms with van der Waals surface area (Å²) in [5.41, 5.74) is 3.81. The van der Waals surface area contributed by atoms with Crippen LogP contribution in [0.25, 0.3) is 0 Å². The average Bonchev–Trinajstić information content (AvgIpc) is 2.81. The van der Waals surface area contributed by atoms with Crippen LogP contribution >= 0.6 is 0 Å². The third-order valence-electron chi connectivity index (χ3n) is 3.57. The Balaban J connectivity index is 2.28. The van der Waals surface area contributed by atoms with E-state index in [-0.39, 0.29) is 11.6 Å². The van der Waals surface area contributed by atoms with Gasteiger partial charge in [0, 0.05) is 19.5 Å². The molecule has 4 nitrogen and oxygen atoms in total. The maximum Gasteiger partial charge on any atom is 0.0886 e. The molecule has 0 aliphatic heterocycles. The van der Waals surface area contributed by atoms with E-state index in [0.29, 0.717) is 0 Å². The molecule has 1 unspecified atom stereocenters. The number of nitrogens with zero attached hydrogens (tertiary/aromatic N) is 1. The van der Waals surface area contributed by atoms with Crippen molar-refractivity contribution >= 4 is 0 Å². The molecule has 0 amide bonds. The summed E-state index contributed by atoms with van der Waals surface area (Å²) in [5.74, 6) is 5.69. The monoisotopic (exact) mass is 221 g/mol. The van der Waals surface area contributed by atoms with Crippen molar-refractivity contribution in [2.24, 2.45) is 5.84 Å². The first-order valence-corrected chi connectivity index (χ1v) is 5.73. The second kappa shape index (κ2) is 4.91. The van der Waals surface area contributed by atoms with Gasteiger partial charge < -0.3 is 4.74 Å². The smallest absolute Gasteiger partial charge is 0.0886 e. The summed E-state index contributed by atoms with van der Waals surface area (Å²) in [7, 11) is 1.77. The molecule has 1 fully saturated rings. The maximum absolute atomic E-state index is 5.74. The fourth-order valence-corrected chi connectivity index (χ4v) is 2.68. The lowest BCUT2D eigenvalue weighted by Gasteiger charge is -2.36. The summed E-state index contributed by atoms with van der Waals surface area (Å²) >= 11 is 0. The van der Waals surface area contributed by atoms with Gasteiger partial charge in [-0.3, -0.25) is 16.3 Å². The molecule has 88 valence electrons. The Morgan fingerprint density at radius 3 is 2.75 bits per heavy atom. The Bertz CT molecular complexity index is 322. The molecule has 1 heterocycles. The van der Waals surface area contributed by atoms with E-state index < -0.39 is 0 Å². The van der Waals surface area contributed by atoms with Crippen molar-refractivity contribution in [2.75, 3.05) is 7.11 Å². The number of hydrogen-bond acceptors (Lipinski definition) is 4. The lowest BCUT2D eigenvalue weighted by molar-refractivity contribution is -0.0369. The summed E-state index contributed by atoms with van der Waals surface area (Å²) in [6, 6.07) is 3.99. The molecule has 1 saturated carbocycles. The minimum Gasteiger partial charge on any atom is -0.376 e. The van der Waals surface area contributed by atoms with Crippen molar-refractivity contribution in [3.05, 3.63) is 30.1 Å². The average molecular weight is 221 g/mol. The fraction of sp³-hybridized carbons (Fsp3) is 0.583. The van der Waals surface area contributed by atoms with E-state index in [1.807, 2.05) is 18.3 Å². The molecule has 0 bridgehead atoms. The lowest BCUT2D eigenvalue weighted by Crippen LogP contribution is -2.46. The van der Waals surface area contributed by atoms with Crippen molar-refractivity contribution in [1.29, 1.82) is 0 Å². The topological polar surface area (TPSA) is 60.2 Å². The zero-order valence-electron chi connectivity index (χ0n) is 9.65. The van der Waals surface area contributed by atoms with Gasteiger partial charge in [0.15, 0.2) is 0 Å². The van der Waals surface area contributed by atoms with Crippen LogP contribution in [0.15, 0.2) is 24.5 Å². The molecule has 1 aromatic heterocycles. The number of ether oxygens (including phenoxy) is 1. The van der Waals surface area contributed by atoms with E-state index in [1.54, 1.807) is 13.3 Å². The van der Waals surface area contributed by atoms with E-state index in [2.05, 4.69) is 10.4 Å². The first-order chi connectivity index (χ1) is 7.82. The number of methoxy groups -OCH3 is 1. The van der Waals surface area contributed by atoms with Gasteiger partial charge in [-0.15, -0.1) is 0 Å². The quantitative estimate of drug-likeness (QED) is 0.598. The highest BCUT2D eigenvalue weighted by Crippen LogP contribution is 2.41. The molecule has 1 aromatic rings. The number of aromatic nitrogens is 1. The predicted molar refractivity (Wildman–Crippen MR) is 62.5 cm³/mol. The standard InChI is InChI=1S/C12H19N3O/c1-16-12(6-2-3-7-12)11(15-13)10-5-4-8-14-9-10/h4-5,8-9,11,15H,2-3,6-7,13H2,1H3. The van der Waals surface area contributed by atoms with Crippen LogP contribution in [-0.2, 0) is 4.74 Å². The van der Waals surface area contributed by atoms with Crippen LogP contribution in [0.2, 0.25) is 0 Å². The first kappa shape index (κ1) is 11.5. The number of rotatable bonds is 4. The van der Waals surface area contributed by atoms with Gasteiger partial charge in [-0.2, -0.15) is 0 Å². The zero-order chi connectivity index (χ0) is 11.4. The van der Waals surface area contributed by atoms with Crippen LogP contribution in [0.3, 0.4) is 0 Å². The molecule has 2 rings (SSSR count). The van der Waals surface area contributed by atoms with E-state index in [0.717, 1.165) is 18.4 Å². The van der Waals surface area contributed by atoms with E-state index in [9.17, 15) is 0 Å². The largest absolute Gasteiger partial charge is 0.376 e. The van der Waals surface area contributed by atoms with Gasteiger partial charge in [0.25, 0.3) is 0 Å². The summed E-state index contributed by atoms with van der Waals surface area (Å²) in [6.45, 7) is 0. The second-order valence-electron chi connectivity index (χ2n) is 4.36. The molecule has 1 atom stereocenters. The number of hydrazine groups is 1. The van der Waals surface area contributed by atoms with Gasteiger partial charge in [0.05, 0.1) is 11.6 Å². The molecule has 1 aliphatic rings. The number of nitrogens with one attached hydrogen (secondary N) is 1. The number of nitrogens with two attached hydrogens (primary N) is 1. The van der Waals surface area contributed by atoms with Gasteiger partial charge in [-0.1, -0.05) is 18.9 Å². The molecule has 16 heavy (non-hydrogen) atoms. The van der Waals surface area contributed by atoms with Gasteiger partial charge in [0.2, 0.25) is 0 Å². The van der Waals surface area contributed by atoms with Crippen LogP contribution in [0.5, 0.6) is 0 Å². The molecule has 0 saturated heterocycles.